The van der Waals surface area contributed by atoms with E-state index in [1.165, 1.54) is 6.92 Å². The third-order valence-electron chi connectivity index (χ3n) is 4.47. The van der Waals surface area contributed by atoms with Gasteiger partial charge in [-0.25, -0.2) is 9.97 Å². The van der Waals surface area contributed by atoms with E-state index in [1.807, 2.05) is 18.2 Å². The predicted octanol–water partition coefficient (Wildman–Crippen LogP) is 2.89. The Morgan fingerprint density at radius 1 is 1.30 bits per heavy atom. The van der Waals surface area contributed by atoms with Crippen LogP contribution in [-0.2, 0) is 19.1 Å². The lowest BCUT2D eigenvalue weighted by molar-refractivity contribution is -0.141. The minimum absolute atomic E-state index is 0.0659. The van der Waals surface area contributed by atoms with E-state index in [2.05, 4.69) is 20.6 Å². The maximum Gasteiger partial charge on any atom is 0.433 e. The standard InChI is InChI=1S/C19H21F3N4O/c1-12-7-16(19(20,21)22)26-17(25-12)11-24-18(27)15-4-2-3-13(9-15)8-14-5-6-23-10-14/h2-4,7,9,14,23H,5-6,8,10-11H2,1H3,(H,24,27). The van der Waals surface area contributed by atoms with Crippen molar-refractivity contribution in [3.63, 3.8) is 0 Å². The number of aromatic nitrogens is 2. The van der Waals surface area contributed by atoms with E-state index in [9.17, 15) is 18.0 Å². The van der Waals surface area contributed by atoms with Crippen molar-refractivity contribution >= 4 is 5.91 Å². The SMILES string of the molecule is Cc1cc(C(F)(F)F)nc(CNC(=O)c2cccc(CC3CCNC3)c2)n1. The van der Waals surface area contributed by atoms with Crippen molar-refractivity contribution in [2.75, 3.05) is 13.1 Å². The molecule has 3 rings (SSSR count). The first-order valence-electron chi connectivity index (χ1n) is 8.81. The Kier molecular flexibility index (Phi) is 5.74. The molecule has 1 atom stereocenters. The summed E-state index contributed by atoms with van der Waals surface area (Å²) < 4.78 is 38.5. The molecule has 144 valence electrons. The molecule has 2 heterocycles. The van der Waals surface area contributed by atoms with Gasteiger partial charge in [-0.05, 0) is 62.5 Å². The third kappa shape index (κ3) is 5.26. The van der Waals surface area contributed by atoms with E-state index in [4.69, 9.17) is 0 Å². The first kappa shape index (κ1) is 19.3. The molecule has 1 aliphatic heterocycles. The highest BCUT2D eigenvalue weighted by molar-refractivity contribution is 5.94. The van der Waals surface area contributed by atoms with Gasteiger partial charge in [0.05, 0.1) is 6.54 Å². The number of hydrogen-bond donors (Lipinski definition) is 2. The monoisotopic (exact) mass is 378 g/mol. The lowest BCUT2D eigenvalue weighted by Gasteiger charge is -2.11. The summed E-state index contributed by atoms with van der Waals surface area (Å²) in [5.74, 6) is 0.133. The summed E-state index contributed by atoms with van der Waals surface area (Å²) in [6, 6.07) is 8.19. The highest BCUT2D eigenvalue weighted by Crippen LogP contribution is 2.27. The van der Waals surface area contributed by atoms with E-state index in [1.54, 1.807) is 6.07 Å². The van der Waals surface area contributed by atoms with Crippen LogP contribution >= 0.6 is 0 Å². The maximum atomic E-state index is 12.8. The van der Waals surface area contributed by atoms with Gasteiger partial charge in [-0.3, -0.25) is 4.79 Å². The number of aryl methyl sites for hydroxylation is 1. The van der Waals surface area contributed by atoms with Crippen molar-refractivity contribution in [2.24, 2.45) is 5.92 Å². The van der Waals surface area contributed by atoms with Gasteiger partial charge in [0.1, 0.15) is 11.5 Å². The zero-order valence-corrected chi connectivity index (χ0v) is 14.9. The molecule has 1 aliphatic rings. The summed E-state index contributed by atoms with van der Waals surface area (Å²) in [5.41, 5.74) is 0.741. The molecule has 0 aliphatic carbocycles. The van der Waals surface area contributed by atoms with Gasteiger partial charge in [-0.2, -0.15) is 13.2 Å². The minimum atomic E-state index is -4.55. The van der Waals surface area contributed by atoms with Crippen LogP contribution in [0.3, 0.4) is 0 Å². The Balaban J connectivity index is 1.65. The molecule has 1 saturated heterocycles. The summed E-state index contributed by atoms with van der Waals surface area (Å²) in [6.45, 7) is 3.29. The maximum absolute atomic E-state index is 12.8. The number of nitrogens with zero attached hydrogens (tertiary/aromatic N) is 2. The second-order valence-electron chi connectivity index (χ2n) is 6.75. The van der Waals surface area contributed by atoms with Crippen LogP contribution in [0.2, 0.25) is 0 Å². The van der Waals surface area contributed by atoms with E-state index >= 15 is 0 Å². The molecule has 8 heteroatoms. The third-order valence-corrected chi connectivity index (χ3v) is 4.47. The molecule has 2 aromatic rings. The Hall–Kier alpha value is -2.48. The molecule has 1 unspecified atom stereocenters. The summed E-state index contributed by atoms with van der Waals surface area (Å²) >= 11 is 0. The molecule has 0 bridgehead atoms. The molecule has 0 saturated carbocycles. The number of alkyl halides is 3. The Bertz CT molecular complexity index is 817. The number of hydrogen-bond acceptors (Lipinski definition) is 4. The molecule has 5 nitrogen and oxygen atoms in total. The summed E-state index contributed by atoms with van der Waals surface area (Å²) in [4.78, 5) is 19.8. The van der Waals surface area contributed by atoms with Crippen LogP contribution in [0.5, 0.6) is 0 Å². The average molecular weight is 378 g/mol. The first-order valence-corrected chi connectivity index (χ1v) is 8.81. The van der Waals surface area contributed by atoms with Gasteiger partial charge in [0.2, 0.25) is 0 Å². The Morgan fingerprint density at radius 2 is 2.11 bits per heavy atom. The predicted molar refractivity (Wildman–Crippen MR) is 94.1 cm³/mol. The van der Waals surface area contributed by atoms with Gasteiger partial charge >= 0.3 is 6.18 Å². The smallest absolute Gasteiger partial charge is 0.345 e. The van der Waals surface area contributed by atoms with E-state index in [0.29, 0.717) is 11.5 Å². The number of rotatable bonds is 5. The molecule has 1 aromatic carbocycles. The summed E-state index contributed by atoms with van der Waals surface area (Å²) in [5, 5.41) is 5.91. The van der Waals surface area contributed by atoms with Crippen molar-refractivity contribution in [3.8, 4) is 0 Å². The largest absolute Gasteiger partial charge is 0.433 e. The summed E-state index contributed by atoms with van der Waals surface area (Å²) in [6.07, 6.45) is -2.54. The molecule has 1 fully saturated rings. The van der Waals surface area contributed by atoms with Crippen LogP contribution in [0.25, 0.3) is 0 Å². The van der Waals surface area contributed by atoms with Crippen molar-refractivity contribution < 1.29 is 18.0 Å². The zero-order chi connectivity index (χ0) is 19.4. The van der Waals surface area contributed by atoms with E-state index in [-0.39, 0.29) is 24.0 Å². The lowest BCUT2D eigenvalue weighted by atomic mass is 9.97. The van der Waals surface area contributed by atoms with Gasteiger partial charge in [0.25, 0.3) is 5.91 Å². The van der Waals surface area contributed by atoms with E-state index < -0.39 is 11.9 Å². The molecule has 1 aromatic heterocycles. The topological polar surface area (TPSA) is 66.9 Å². The average Bonchev–Trinajstić information content (AvgIpc) is 3.11. The fourth-order valence-corrected chi connectivity index (χ4v) is 3.18. The van der Waals surface area contributed by atoms with Crippen LogP contribution in [0.1, 0.15) is 39.6 Å². The van der Waals surface area contributed by atoms with Crippen molar-refractivity contribution in [1.82, 2.24) is 20.6 Å². The fraction of sp³-hybridized carbons (Fsp3) is 0.421. The molecule has 27 heavy (non-hydrogen) atoms. The zero-order valence-electron chi connectivity index (χ0n) is 14.9. The van der Waals surface area contributed by atoms with Crippen molar-refractivity contribution in [3.05, 3.63) is 58.7 Å². The van der Waals surface area contributed by atoms with Gasteiger partial charge in [0.15, 0.2) is 0 Å². The number of halogens is 3. The van der Waals surface area contributed by atoms with E-state index in [0.717, 1.165) is 37.6 Å². The van der Waals surface area contributed by atoms with Crippen LogP contribution in [-0.4, -0.2) is 29.0 Å². The lowest BCUT2D eigenvalue weighted by Crippen LogP contribution is -2.25. The Labute approximate surface area is 155 Å². The highest BCUT2D eigenvalue weighted by Gasteiger charge is 2.33. The van der Waals surface area contributed by atoms with Gasteiger partial charge in [-0.1, -0.05) is 12.1 Å². The first-order chi connectivity index (χ1) is 12.8. The highest BCUT2D eigenvalue weighted by atomic mass is 19.4. The number of carbonyl (C=O) groups excluding carboxylic acids is 1. The second kappa shape index (κ2) is 8.04. The summed E-state index contributed by atoms with van der Waals surface area (Å²) in [7, 11) is 0. The fourth-order valence-electron chi connectivity index (χ4n) is 3.18. The second-order valence-corrected chi connectivity index (χ2v) is 6.75. The van der Waals surface area contributed by atoms with Gasteiger partial charge in [-0.15, -0.1) is 0 Å². The molecule has 1 amide bonds. The van der Waals surface area contributed by atoms with Crippen LogP contribution in [0.15, 0.2) is 30.3 Å². The molecule has 0 radical (unpaired) electrons. The number of nitrogens with one attached hydrogen (secondary N) is 2. The molecule has 2 N–H and O–H groups in total. The van der Waals surface area contributed by atoms with Crippen LogP contribution in [0, 0.1) is 12.8 Å². The quantitative estimate of drug-likeness (QED) is 0.840. The van der Waals surface area contributed by atoms with Gasteiger partial charge in [0, 0.05) is 11.3 Å². The number of benzene rings is 1. The molecular formula is C19H21F3N4O. The Morgan fingerprint density at radius 3 is 2.81 bits per heavy atom. The molecular weight excluding hydrogens is 357 g/mol. The normalized spacial score (nSPS) is 17.1. The minimum Gasteiger partial charge on any atom is -0.345 e. The van der Waals surface area contributed by atoms with Crippen molar-refractivity contribution in [2.45, 2.75) is 32.5 Å². The number of carbonyl (C=O) groups is 1. The number of amides is 1. The van der Waals surface area contributed by atoms with Crippen molar-refractivity contribution in [1.29, 1.82) is 0 Å². The van der Waals surface area contributed by atoms with Gasteiger partial charge < -0.3 is 10.6 Å². The van der Waals surface area contributed by atoms with Crippen LogP contribution < -0.4 is 10.6 Å². The molecule has 0 spiro atoms. The van der Waals surface area contributed by atoms with Crippen LogP contribution in [0.4, 0.5) is 13.2 Å².